The van der Waals surface area contributed by atoms with Crippen LogP contribution in [0.5, 0.6) is 5.75 Å². The number of aromatic nitrogens is 1. The standard InChI is InChI=1S/C17H20BrN5O3/c1-26-14-5-3-2-4-11(14)9-22-7-6-12(10-22)21-15-13(18)8-20-17(19)16(15)23(24)25/h2-5,8,12H,6-7,9-10H2,1H3,(H3,19,20,21)/t12-/m0/s1. The van der Waals surface area contributed by atoms with E-state index < -0.39 is 4.92 Å². The Labute approximate surface area is 159 Å². The van der Waals surface area contributed by atoms with Gasteiger partial charge in [-0.15, -0.1) is 0 Å². The molecule has 1 aromatic heterocycles. The Kier molecular flexibility index (Phi) is 5.58. The number of likely N-dealkylation sites (tertiary alicyclic amines) is 1. The van der Waals surface area contributed by atoms with E-state index in [0.29, 0.717) is 10.2 Å². The van der Waals surface area contributed by atoms with Crippen LogP contribution in [-0.2, 0) is 6.54 Å². The predicted octanol–water partition coefficient (Wildman–Crippen LogP) is 3.03. The van der Waals surface area contributed by atoms with Gasteiger partial charge in [0.05, 0.1) is 16.5 Å². The highest BCUT2D eigenvalue weighted by Crippen LogP contribution is 2.37. The highest BCUT2D eigenvalue weighted by Gasteiger charge is 2.28. The maximum atomic E-state index is 11.3. The molecule has 3 N–H and O–H groups in total. The number of halogens is 1. The van der Waals surface area contributed by atoms with Crippen LogP contribution in [0.3, 0.4) is 0 Å². The molecule has 26 heavy (non-hydrogen) atoms. The number of anilines is 2. The molecule has 1 aliphatic heterocycles. The number of nitrogens with one attached hydrogen (secondary N) is 1. The number of hydrogen-bond acceptors (Lipinski definition) is 7. The Balaban J connectivity index is 1.71. The monoisotopic (exact) mass is 421 g/mol. The summed E-state index contributed by atoms with van der Waals surface area (Å²) >= 11 is 3.33. The SMILES string of the molecule is COc1ccccc1CN1CC[C@H](Nc2c(Br)cnc(N)c2[N+](=O)[O-])C1. The smallest absolute Gasteiger partial charge is 0.335 e. The fourth-order valence-electron chi connectivity index (χ4n) is 3.19. The normalized spacial score (nSPS) is 17.2. The zero-order valence-electron chi connectivity index (χ0n) is 14.3. The molecule has 0 saturated carbocycles. The molecule has 138 valence electrons. The Hall–Kier alpha value is -2.39. The van der Waals surface area contributed by atoms with Crippen molar-refractivity contribution in [1.29, 1.82) is 0 Å². The third-order valence-electron chi connectivity index (χ3n) is 4.43. The predicted molar refractivity (Wildman–Crippen MR) is 103 cm³/mol. The Morgan fingerprint density at radius 2 is 2.27 bits per heavy atom. The summed E-state index contributed by atoms with van der Waals surface area (Å²) in [6.07, 6.45) is 2.35. The molecule has 0 bridgehead atoms. The van der Waals surface area contributed by atoms with E-state index in [1.54, 1.807) is 7.11 Å². The minimum Gasteiger partial charge on any atom is -0.496 e. The van der Waals surface area contributed by atoms with Gasteiger partial charge in [-0.2, -0.15) is 0 Å². The van der Waals surface area contributed by atoms with Crippen molar-refractivity contribution in [1.82, 2.24) is 9.88 Å². The van der Waals surface area contributed by atoms with Crippen LogP contribution >= 0.6 is 15.9 Å². The third kappa shape index (κ3) is 3.88. The number of benzene rings is 1. The number of methoxy groups -OCH3 is 1. The average molecular weight is 422 g/mol. The lowest BCUT2D eigenvalue weighted by molar-refractivity contribution is -0.383. The van der Waals surface area contributed by atoms with Gasteiger partial charge < -0.3 is 15.8 Å². The van der Waals surface area contributed by atoms with E-state index >= 15 is 0 Å². The fourth-order valence-corrected chi connectivity index (χ4v) is 3.59. The van der Waals surface area contributed by atoms with Crippen molar-refractivity contribution in [3.8, 4) is 5.75 Å². The topological polar surface area (TPSA) is 107 Å². The number of nitrogens with two attached hydrogens (primary N) is 1. The first-order valence-corrected chi connectivity index (χ1v) is 8.98. The van der Waals surface area contributed by atoms with E-state index in [1.807, 2.05) is 24.3 Å². The second-order valence-corrected chi connectivity index (χ2v) is 7.00. The van der Waals surface area contributed by atoms with E-state index in [1.165, 1.54) is 6.20 Å². The summed E-state index contributed by atoms with van der Waals surface area (Å²) in [4.78, 5) is 17.0. The lowest BCUT2D eigenvalue weighted by atomic mass is 10.2. The van der Waals surface area contributed by atoms with Crippen molar-refractivity contribution < 1.29 is 9.66 Å². The van der Waals surface area contributed by atoms with Crippen LogP contribution < -0.4 is 15.8 Å². The van der Waals surface area contributed by atoms with Crippen LogP contribution in [0.4, 0.5) is 17.2 Å². The van der Waals surface area contributed by atoms with Gasteiger partial charge in [0.1, 0.15) is 11.4 Å². The van der Waals surface area contributed by atoms with Crippen LogP contribution in [-0.4, -0.2) is 41.0 Å². The molecule has 3 rings (SSSR count). The molecule has 1 fully saturated rings. The van der Waals surface area contributed by atoms with Crippen molar-refractivity contribution in [2.45, 2.75) is 19.0 Å². The second-order valence-electron chi connectivity index (χ2n) is 6.15. The number of nitrogen functional groups attached to an aromatic ring is 1. The van der Waals surface area contributed by atoms with Crippen LogP contribution in [0.1, 0.15) is 12.0 Å². The van der Waals surface area contributed by atoms with Crippen LogP contribution in [0.25, 0.3) is 0 Å². The maximum absolute atomic E-state index is 11.3. The van der Waals surface area contributed by atoms with E-state index in [9.17, 15) is 10.1 Å². The fraction of sp³-hybridized carbons (Fsp3) is 0.353. The highest BCUT2D eigenvalue weighted by atomic mass is 79.9. The van der Waals surface area contributed by atoms with Crippen molar-refractivity contribution in [2.75, 3.05) is 31.2 Å². The first-order valence-electron chi connectivity index (χ1n) is 8.18. The maximum Gasteiger partial charge on any atom is 0.335 e. The van der Waals surface area contributed by atoms with Crippen LogP contribution in [0.15, 0.2) is 34.9 Å². The van der Waals surface area contributed by atoms with E-state index in [2.05, 4.69) is 31.1 Å². The molecule has 1 aliphatic rings. The van der Waals surface area contributed by atoms with Gasteiger partial charge >= 0.3 is 5.69 Å². The zero-order valence-corrected chi connectivity index (χ0v) is 15.9. The molecule has 8 nitrogen and oxygen atoms in total. The molecule has 0 aliphatic carbocycles. The molecule has 1 aromatic carbocycles. The van der Waals surface area contributed by atoms with Gasteiger partial charge in [-0.3, -0.25) is 15.0 Å². The van der Waals surface area contributed by atoms with E-state index in [4.69, 9.17) is 10.5 Å². The van der Waals surface area contributed by atoms with Gasteiger partial charge in [0.15, 0.2) is 0 Å². The van der Waals surface area contributed by atoms with Gasteiger partial charge in [-0.25, -0.2) is 4.98 Å². The Morgan fingerprint density at radius 3 is 3.00 bits per heavy atom. The number of pyridine rings is 1. The second kappa shape index (κ2) is 7.88. The van der Waals surface area contributed by atoms with Crippen molar-refractivity contribution in [3.63, 3.8) is 0 Å². The third-order valence-corrected chi connectivity index (χ3v) is 5.03. The summed E-state index contributed by atoms with van der Waals surface area (Å²) in [5.41, 5.74) is 7.00. The quantitative estimate of drug-likeness (QED) is 0.544. The van der Waals surface area contributed by atoms with Gasteiger partial charge in [0, 0.05) is 37.4 Å². The first-order chi connectivity index (χ1) is 12.5. The largest absolute Gasteiger partial charge is 0.496 e. The van der Waals surface area contributed by atoms with Gasteiger partial charge in [0.25, 0.3) is 0 Å². The van der Waals surface area contributed by atoms with Gasteiger partial charge in [-0.05, 0) is 28.4 Å². The molecule has 0 unspecified atom stereocenters. The first kappa shape index (κ1) is 18.4. The summed E-state index contributed by atoms with van der Waals surface area (Å²) in [6, 6.07) is 8.01. The molecule has 2 heterocycles. The van der Waals surface area contributed by atoms with Crippen molar-refractivity contribution in [3.05, 3.63) is 50.6 Å². The number of nitro groups is 1. The van der Waals surface area contributed by atoms with Crippen molar-refractivity contribution >= 4 is 33.1 Å². The molecule has 2 aromatic rings. The van der Waals surface area contributed by atoms with Gasteiger partial charge in [-0.1, -0.05) is 18.2 Å². The highest BCUT2D eigenvalue weighted by molar-refractivity contribution is 9.10. The Morgan fingerprint density at radius 1 is 1.50 bits per heavy atom. The molecule has 0 spiro atoms. The summed E-state index contributed by atoms with van der Waals surface area (Å²) < 4.78 is 5.93. The van der Waals surface area contributed by atoms with Gasteiger partial charge in [0.2, 0.25) is 5.82 Å². The average Bonchev–Trinajstić information content (AvgIpc) is 3.05. The summed E-state index contributed by atoms with van der Waals surface area (Å²) in [5.74, 6) is 0.772. The minimum absolute atomic E-state index is 0.0847. The number of ether oxygens (including phenoxy) is 1. The molecule has 1 saturated heterocycles. The minimum atomic E-state index is -0.503. The molecule has 9 heteroatoms. The number of hydrogen-bond donors (Lipinski definition) is 2. The molecular formula is C17H20BrN5O3. The molecule has 1 atom stereocenters. The lowest BCUT2D eigenvalue weighted by Gasteiger charge is -2.19. The summed E-state index contributed by atoms with van der Waals surface area (Å²) in [7, 11) is 1.66. The summed E-state index contributed by atoms with van der Waals surface area (Å²) in [5, 5.41) is 14.6. The number of rotatable bonds is 6. The molecular weight excluding hydrogens is 402 g/mol. The lowest BCUT2D eigenvalue weighted by Crippen LogP contribution is -2.26. The van der Waals surface area contributed by atoms with E-state index in [0.717, 1.165) is 37.4 Å². The van der Waals surface area contributed by atoms with Crippen LogP contribution in [0, 0.1) is 10.1 Å². The zero-order chi connectivity index (χ0) is 18.7. The Bertz CT molecular complexity index is 817. The number of para-hydroxylation sites is 1. The summed E-state index contributed by atoms with van der Waals surface area (Å²) in [6.45, 7) is 2.43. The number of nitrogens with zero attached hydrogens (tertiary/aromatic N) is 3. The molecule has 0 radical (unpaired) electrons. The van der Waals surface area contributed by atoms with E-state index in [-0.39, 0.29) is 17.5 Å². The van der Waals surface area contributed by atoms with Crippen molar-refractivity contribution in [2.24, 2.45) is 0 Å². The van der Waals surface area contributed by atoms with Crippen LogP contribution in [0.2, 0.25) is 0 Å². The molecule has 0 amide bonds.